The summed E-state index contributed by atoms with van der Waals surface area (Å²) in [6.45, 7) is 6.33. The largest absolute Gasteiger partial charge is 0.347 e. The van der Waals surface area contributed by atoms with Crippen molar-refractivity contribution in [2.45, 2.75) is 52.0 Å². The third kappa shape index (κ3) is 4.56. The number of amides is 1. The van der Waals surface area contributed by atoms with Gasteiger partial charge in [0.15, 0.2) is 0 Å². The zero-order valence-corrected chi connectivity index (χ0v) is 13.3. The van der Waals surface area contributed by atoms with Gasteiger partial charge in [0.05, 0.1) is 6.04 Å². The standard InChI is InChI=1S/C15H25N3OS/c1-3-13-10-17-15(20-13)11(2)18-14(19)7-6-12-5-4-8-16-9-12/h10-12,16H,3-9H2,1-2H3,(H,18,19). The second kappa shape index (κ2) is 7.74. The van der Waals surface area contributed by atoms with E-state index in [4.69, 9.17) is 0 Å². The van der Waals surface area contributed by atoms with Crippen LogP contribution >= 0.6 is 11.3 Å². The van der Waals surface area contributed by atoms with Gasteiger partial charge in [-0.3, -0.25) is 4.79 Å². The van der Waals surface area contributed by atoms with E-state index < -0.39 is 0 Å². The first-order chi connectivity index (χ1) is 9.69. The molecule has 1 aliphatic rings. The molecule has 1 amide bonds. The molecule has 0 spiro atoms. The molecular weight excluding hydrogens is 270 g/mol. The first-order valence-electron chi connectivity index (χ1n) is 7.63. The summed E-state index contributed by atoms with van der Waals surface area (Å²) in [5.74, 6) is 0.813. The summed E-state index contributed by atoms with van der Waals surface area (Å²) in [7, 11) is 0. The number of nitrogens with one attached hydrogen (secondary N) is 2. The molecule has 2 heterocycles. The van der Waals surface area contributed by atoms with Crippen molar-refractivity contribution in [2.24, 2.45) is 5.92 Å². The molecule has 2 N–H and O–H groups in total. The van der Waals surface area contributed by atoms with Crippen LogP contribution in [0.25, 0.3) is 0 Å². The lowest BCUT2D eigenvalue weighted by Gasteiger charge is -2.22. The zero-order chi connectivity index (χ0) is 14.4. The Morgan fingerprint density at radius 1 is 1.65 bits per heavy atom. The van der Waals surface area contributed by atoms with E-state index in [1.54, 1.807) is 11.3 Å². The molecular formula is C15H25N3OS. The van der Waals surface area contributed by atoms with Crippen molar-refractivity contribution in [3.05, 3.63) is 16.1 Å². The van der Waals surface area contributed by atoms with Gasteiger partial charge in [-0.2, -0.15) is 0 Å². The average Bonchev–Trinajstić information content (AvgIpc) is 2.95. The van der Waals surface area contributed by atoms with E-state index >= 15 is 0 Å². The highest BCUT2D eigenvalue weighted by atomic mass is 32.1. The van der Waals surface area contributed by atoms with Crippen LogP contribution in [0.4, 0.5) is 0 Å². The summed E-state index contributed by atoms with van der Waals surface area (Å²) >= 11 is 1.69. The van der Waals surface area contributed by atoms with Crippen molar-refractivity contribution < 1.29 is 4.79 Å². The number of hydrogen-bond acceptors (Lipinski definition) is 4. The Morgan fingerprint density at radius 3 is 3.15 bits per heavy atom. The third-order valence-electron chi connectivity index (χ3n) is 3.85. The van der Waals surface area contributed by atoms with E-state index in [1.165, 1.54) is 17.7 Å². The maximum Gasteiger partial charge on any atom is 0.220 e. The number of hydrogen-bond donors (Lipinski definition) is 2. The van der Waals surface area contributed by atoms with Gasteiger partial charge in [-0.1, -0.05) is 6.92 Å². The number of thiazole rings is 1. The fourth-order valence-corrected chi connectivity index (χ4v) is 3.43. The van der Waals surface area contributed by atoms with Gasteiger partial charge in [-0.05, 0) is 51.6 Å². The molecule has 0 aromatic carbocycles. The van der Waals surface area contributed by atoms with Crippen LogP contribution in [0.2, 0.25) is 0 Å². The monoisotopic (exact) mass is 295 g/mol. The highest BCUT2D eigenvalue weighted by molar-refractivity contribution is 7.11. The summed E-state index contributed by atoms with van der Waals surface area (Å²) < 4.78 is 0. The molecule has 1 fully saturated rings. The van der Waals surface area contributed by atoms with Gasteiger partial charge in [-0.15, -0.1) is 11.3 Å². The number of piperidine rings is 1. The molecule has 2 atom stereocenters. The number of carbonyl (C=O) groups excluding carboxylic acids is 1. The molecule has 112 valence electrons. The minimum Gasteiger partial charge on any atom is -0.347 e. The average molecular weight is 295 g/mol. The van der Waals surface area contributed by atoms with Crippen molar-refractivity contribution in [2.75, 3.05) is 13.1 Å². The minimum atomic E-state index is 0.0253. The number of nitrogens with zero attached hydrogens (tertiary/aromatic N) is 1. The van der Waals surface area contributed by atoms with Gasteiger partial charge in [0.2, 0.25) is 5.91 Å². The van der Waals surface area contributed by atoms with Crippen LogP contribution in [0.15, 0.2) is 6.20 Å². The van der Waals surface area contributed by atoms with E-state index in [9.17, 15) is 4.79 Å². The molecule has 5 heteroatoms. The smallest absolute Gasteiger partial charge is 0.220 e. The van der Waals surface area contributed by atoms with E-state index in [0.29, 0.717) is 12.3 Å². The Balaban J connectivity index is 1.72. The van der Waals surface area contributed by atoms with Crippen molar-refractivity contribution in [1.29, 1.82) is 0 Å². The Labute approximate surface area is 125 Å². The topological polar surface area (TPSA) is 54.0 Å². The minimum absolute atomic E-state index is 0.0253. The van der Waals surface area contributed by atoms with Gasteiger partial charge in [0.25, 0.3) is 0 Å². The first kappa shape index (κ1) is 15.4. The third-order valence-corrected chi connectivity index (χ3v) is 5.17. The molecule has 1 aromatic rings. The van der Waals surface area contributed by atoms with Gasteiger partial charge < -0.3 is 10.6 Å². The highest BCUT2D eigenvalue weighted by Crippen LogP contribution is 2.21. The van der Waals surface area contributed by atoms with E-state index in [-0.39, 0.29) is 11.9 Å². The van der Waals surface area contributed by atoms with Gasteiger partial charge >= 0.3 is 0 Å². The summed E-state index contributed by atoms with van der Waals surface area (Å²) in [6, 6.07) is 0.0253. The Bertz CT molecular complexity index is 427. The second-order valence-corrected chi connectivity index (χ2v) is 6.71. The number of rotatable bonds is 6. The molecule has 0 aliphatic carbocycles. The maximum absolute atomic E-state index is 12.0. The molecule has 0 radical (unpaired) electrons. The summed E-state index contributed by atoms with van der Waals surface area (Å²) in [4.78, 5) is 17.6. The van der Waals surface area contributed by atoms with Crippen LogP contribution < -0.4 is 10.6 Å². The van der Waals surface area contributed by atoms with Crippen LogP contribution in [0.5, 0.6) is 0 Å². The normalized spacial score (nSPS) is 20.6. The Morgan fingerprint density at radius 2 is 2.50 bits per heavy atom. The van der Waals surface area contributed by atoms with Crippen molar-refractivity contribution in [3.8, 4) is 0 Å². The van der Waals surface area contributed by atoms with E-state index in [2.05, 4.69) is 22.5 Å². The van der Waals surface area contributed by atoms with Gasteiger partial charge in [0.1, 0.15) is 5.01 Å². The lowest BCUT2D eigenvalue weighted by molar-refractivity contribution is -0.122. The molecule has 2 unspecified atom stereocenters. The second-order valence-electron chi connectivity index (χ2n) is 5.56. The van der Waals surface area contributed by atoms with Crippen molar-refractivity contribution in [1.82, 2.24) is 15.6 Å². The van der Waals surface area contributed by atoms with E-state index in [1.807, 2.05) is 13.1 Å². The number of aromatic nitrogens is 1. The van der Waals surface area contributed by atoms with Crippen LogP contribution in [0.3, 0.4) is 0 Å². The molecule has 1 aliphatic heterocycles. The summed E-state index contributed by atoms with van der Waals surface area (Å²) in [5, 5.41) is 7.46. The SMILES string of the molecule is CCc1cnc(C(C)NC(=O)CCC2CCCNC2)s1. The first-order valence-corrected chi connectivity index (χ1v) is 8.45. The Hall–Kier alpha value is -0.940. The zero-order valence-electron chi connectivity index (χ0n) is 12.4. The molecule has 1 saturated heterocycles. The van der Waals surface area contributed by atoms with Crippen LogP contribution in [0.1, 0.15) is 55.5 Å². The van der Waals surface area contributed by atoms with Crippen LogP contribution in [-0.4, -0.2) is 24.0 Å². The molecule has 4 nitrogen and oxygen atoms in total. The quantitative estimate of drug-likeness (QED) is 0.848. The fraction of sp³-hybridized carbons (Fsp3) is 0.733. The number of aryl methyl sites for hydroxylation is 1. The summed E-state index contributed by atoms with van der Waals surface area (Å²) in [5.41, 5.74) is 0. The Kier molecular flexibility index (Phi) is 5.98. The fourth-order valence-electron chi connectivity index (χ4n) is 2.57. The molecule has 2 rings (SSSR count). The predicted molar refractivity (Wildman–Crippen MR) is 82.9 cm³/mol. The maximum atomic E-state index is 12.0. The molecule has 0 bridgehead atoms. The van der Waals surface area contributed by atoms with Crippen LogP contribution in [-0.2, 0) is 11.2 Å². The van der Waals surface area contributed by atoms with Gasteiger partial charge in [0, 0.05) is 17.5 Å². The van der Waals surface area contributed by atoms with Gasteiger partial charge in [-0.25, -0.2) is 4.98 Å². The van der Waals surface area contributed by atoms with E-state index in [0.717, 1.165) is 30.9 Å². The molecule has 20 heavy (non-hydrogen) atoms. The summed E-state index contributed by atoms with van der Waals surface area (Å²) in [6.07, 6.45) is 7.03. The predicted octanol–water partition coefficient (Wildman–Crippen LogP) is 2.66. The number of carbonyl (C=O) groups is 1. The van der Waals surface area contributed by atoms with Crippen LogP contribution in [0, 0.1) is 5.92 Å². The van der Waals surface area contributed by atoms with Crippen molar-refractivity contribution >= 4 is 17.2 Å². The molecule has 1 aromatic heterocycles. The highest BCUT2D eigenvalue weighted by Gasteiger charge is 2.16. The van der Waals surface area contributed by atoms with Crippen molar-refractivity contribution in [3.63, 3.8) is 0 Å². The lowest BCUT2D eigenvalue weighted by Crippen LogP contribution is -2.31. The molecule has 0 saturated carbocycles. The lowest BCUT2D eigenvalue weighted by atomic mass is 9.94.